The van der Waals surface area contributed by atoms with Gasteiger partial charge in [0.05, 0.1) is 18.3 Å². The Balaban J connectivity index is 1.79. The molecule has 0 radical (unpaired) electrons. The van der Waals surface area contributed by atoms with E-state index in [0.717, 1.165) is 0 Å². The highest BCUT2D eigenvalue weighted by Gasteiger charge is 2.65. The zero-order valence-electron chi connectivity index (χ0n) is 14.1. The van der Waals surface area contributed by atoms with Gasteiger partial charge in [0.25, 0.3) is 0 Å². The van der Waals surface area contributed by atoms with E-state index in [1.807, 2.05) is 0 Å². The van der Waals surface area contributed by atoms with Crippen molar-refractivity contribution in [1.29, 1.82) is 0 Å². The number of aromatic carboxylic acids is 1. The SMILES string of the molecule is O=C(O)c1ccc(-c2cccc(O[C@@H](O)C3(O)C(O)[C@H](O)C3CO)c2)cc1. The van der Waals surface area contributed by atoms with Crippen molar-refractivity contribution in [1.82, 2.24) is 0 Å². The van der Waals surface area contributed by atoms with Crippen LogP contribution < -0.4 is 4.74 Å². The van der Waals surface area contributed by atoms with Crippen molar-refractivity contribution in [3.63, 3.8) is 0 Å². The highest BCUT2D eigenvalue weighted by atomic mass is 16.6. The molecule has 3 rings (SSSR count). The third-order valence-corrected chi connectivity index (χ3v) is 4.94. The molecule has 1 fully saturated rings. The molecule has 5 atom stereocenters. The van der Waals surface area contributed by atoms with E-state index in [1.54, 1.807) is 30.3 Å². The van der Waals surface area contributed by atoms with Gasteiger partial charge in [-0.05, 0) is 35.4 Å². The van der Waals surface area contributed by atoms with Crippen molar-refractivity contribution >= 4 is 5.97 Å². The Morgan fingerprint density at radius 2 is 1.78 bits per heavy atom. The van der Waals surface area contributed by atoms with Gasteiger partial charge in [0.15, 0.2) is 5.60 Å². The van der Waals surface area contributed by atoms with Crippen LogP contribution in [0.5, 0.6) is 5.75 Å². The second-order valence-corrected chi connectivity index (χ2v) is 6.49. The van der Waals surface area contributed by atoms with Crippen LogP contribution in [0.4, 0.5) is 0 Å². The molecular weight excluding hydrogens is 356 g/mol. The number of hydrogen-bond acceptors (Lipinski definition) is 7. The highest BCUT2D eigenvalue weighted by Crippen LogP contribution is 2.42. The molecule has 3 unspecified atom stereocenters. The molecule has 8 nitrogen and oxygen atoms in total. The lowest BCUT2D eigenvalue weighted by atomic mass is 9.64. The lowest BCUT2D eigenvalue weighted by Gasteiger charge is -2.53. The number of aliphatic hydroxyl groups is 5. The first-order valence-electron chi connectivity index (χ1n) is 8.27. The predicted octanol–water partition coefficient (Wildman–Crippen LogP) is -0.176. The summed E-state index contributed by atoms with van der Waals surface area (Å²) in [5.41, 5.74) is -0.660. The van der Waals surface area contributed by atoms with Gasteiger partial charge in [-0.3, -0.25) is 0 Å². The van der Waals surface area contributed by atoms with Crippen molar-refractivity contribution in [3.8, 4) is 16.9 Å². The predicted molar refractivity (Wildman–Crippen MR) is 93.0 cm³/mol. The molecule has 1 saturated carbocycles. The van der Waals surface area contributed by atoms with Gasteiger partial charge >= 0.3 is 5.97 Å². The van der Waals surface area contributed by atoms with Crippen LogP contribution in [0.3, 0.4) is 0 Å². The summed E-state index contributed by atoms with van der Waals surface area (Å²) in [7, 11) is 0. The molecule has 1 aliphatic rings. The Bertz CT molecular complexity index is 821. The number of hydrogen-bond donors (Lipinski definition) is 6. The van der Waals surface area contributed by atoms with Crippen molar-refractivity contribution in [2.75, 3.05) is 6.61 Å². The number of benzene rings is 2. The maximum absolute atomic E-state index is 10.9. The summed E-state index contributed by atoms with van der Waals surface area (Å²) in [5.74, 6) is -2.00. The highest BCUT2D eigenvalue weighted by molar-refractivity contribution is 5.88. The smallest absolute Gasteiger partial charge is 0.335 e. The molecule has 27 heavy (non-hydrogen) atoms. The topological polar surface area (TPSA) is 148 Å². The summed E-state index contributed by atoms with van der Waals surface area (Å²) >= 11 is 0. The average molecular weight is 376 g/mol. The number of aliphatic hydroxyl groups excluding tert-OH is 4. The fraction of sp³-hybridized carbons (Fsp3) is 0.316. The fourth-order valence-electron chi connectivity index (χ4n) is 3.23. The Kier molecular flexibility index (Phi) is 5.18. The Hall–Kier alpha value is -2.49. The number of carboxylic acid groups (broad SMARTS) is 1. The molecule has 2 aromatic carbocycles. The minimum Gasteiger partial charge on any atom is -0.478 e. The fourth-order valence-corrected chi connectivity index (χ4v) is 3.23. The molecule has 8 heteroatoms. The number of carbonyl (C=O) groups is 1. The van der Waals surface area contributed by atoms with Crippen LogP contribution in [0.1, 0.15) is 10.4 Å². The molecule has 0 heterocycles. The summed E-state index contributed by atoms with van der Waals surface area (Å²) in [6.07, 6.45) is -4.90. The third-order valence-electron chi connectivity index (χ3n) is 4.94. The van der Waals surface area contributed by atoms with Gasteiger partial charge < -0.3 is 35.4 Å². The number of rotatable bonds is 6. The van der Waals surface area contributed by atoms with Crippen LogP contribution in [-0.4, -0.2) is 67.3 Å². The molecular formula is C19H20O8. The molecule has 2 aromatic rings. The van der Waals surface area contributed by atoms with Crippen molar-refractivity contribution in [3.05, 3.63) is 54.1 Å². The standard InChI is InChI=1S/C19H20O8/c20-9-14-15(21)16(22)19(14,26)18(25)27-13-3-1-2-12(8-13)10-4-6-11(7-5-10)17(23)24/h1-8,14-16,18,20-22,25-26H,9H2,(H,23,24)/t14?,15-,16?,18-,19?/m1/s1. The van der Waals surface area contributed by atoms with Gasteiger partial charge in [0.1, 0.15) is 11.9 Å². The maximum atomic E-state index is 10.9. The minimum atomic E-state index is -2.20. The van der Waals surface area contributed by atoms with E-state index in [9.17, 15) is 30.3 Å². The van der Waals surface area contributed by atoms with E-state index >= 15 is 0 Å². The molecule has 0 saturated heterocycles. The summed E-state index contributed by atoms with van der Waals surface area (Å²) in [4.78, 5) is 10.9. The van der Waals surface area contributed by atoms with Gasteiger partial charge in [0.2, 0.25) is 6.29 Å². The largest absolute Gasteiger partial charge is 0.478 e. The Morgan fingerprint density at radius 1 is 1.11 bits per heavy atom. The molecule has 0 spiro atoms. The third kappa shape index (κ3) is 3.29. The van der Waals surface area contributed by atoms with Crippen LogP contribution in [0.25, 0.3) is 11.1 Å². The van der Waals surface area contributed by atoms with Crippen molar-refractivity contribution in [2.24, 2.45) is 5.92 Å². The van der Waals surface area contributed by atoms with E-state index in [0.29, 0.717) is 11.1 Å². The molecule has 1 aliphatic carbocycles. The zero-order valence-corrected chi connectivity index (χ0v) is 14.1. The molecule has 0 aromatic heterocycles. The van der Waals surface area contributed by atoms with Crippen molar-refractivity contribution in [2.45, 2.75) is 24.1 Å². The van der Waals surface area contributed by atoms with Gasteiger partial charge in [-0.1, -0.05) is 24.3 Å². The Labute approximate surface area is 154 Å². The molecule has 6 N–H and O–H groups in total. The van der Waals surface area contributed by atoms with E-state index < -0.39 is 42.6 Å². The molecule has 0 aliphatic heterocycles. The average Bonchev–Trinajstić information content (AvgIpc) is 2.68. The first-order chi connectivity index (χ1) is 12.8. The first kappa shape index (κ1) is 19.3. The minimum absolute atomic E-state index is 0.149. The maximum Gasteiger partial charge on any atom is 0.335 e. The molecule has 0 amide bonds. The Morgan fingerprint density at radius 3 is 2.37 bits per heavy atom. The second kappa shape index (κ2) is 7.26. The summed E-state index contributed by atoms with van der Waals surface area (Å²) in [5, 5.41) is 58.2. The van der Waals surface area contributed by atoms with E-state index in [2.05, 4.69) is 0 Å². The molecule has 0 bridgehead atoms. The normalized spacial score (nSPS) is 28.3. The van der Waals surface area contributed by atoms with E-state index in [-0.39, 0.29) is 11.3 Å². The van der Waals surface area contributed by atoms with Crippen LogP contribution in [0, 0.1) is 5.92 Å². The summed E-state index contributed by atoms with van der Waals surface area (Å²) in [6.45, 7) is -0.634. The van der Waals surface area contributed by atoms with Crippen LogP contribution in [0.15, 0.2) is 48.5 Å². The number of ether oxygens (including phenoxy) is 1. The summed E-state index contributed by atoms with van der Waals surface area (Å²) < 4.78 is 5.33. The van der Waals surface area contributed by atoms with Crippen molar-refractivity contribution < 1.29 is 40.2 Å². The quantitative estimate of drug-likeness (QED) is 0.381. The van der Waals surface area contributed by atoms with Gasteiger partial charge in [-0.25, -0.2) is 4.79 Å². The van der Waals surface area contributed by atoms with Crippen LogP contribution in [0.2, 0.25) is 0 Å². The lowest BCUT2D eigenvalue weighted by molar-refractivity contribution is -0.332. The zero-order chi connectivity index (χ0) is 19.8. The van der Waals surface area contributed by atoms with Gasteiger partial charge in [0, 0.05) is 5.92 Å². The van der Waals surface area contributed by atoms with E-state index in [4.69, 9.17) is 9.84 Å². The summed E-state index contributed by atoms with van der Waals surface area (Å²) in [6, 6.07) is 12.7. The molecule has 144 valence electrons. The van der Waals surface area contributed by atoms with Crippen LogP contribution >= 0.6 is 0 Å². The van der Waals surface area contributed by atoms with E-state index in [1.165, 1.54) is 18.2 Å². The lowest BCUT2D eigenvalue weighted by Crippen LogP contribution is -2.76. The van der Waals surface area contributed by atoms with Crippen LogP contribution in [-0.2, 0) is 0 Å². The second-order valence-electron chi connectivity index (χ2n) is 6.49. The van der Waals surface area contributed by atoms with Gasteiger partial charge in [-0.15, -0.1) is 0 Å². The number of carboxylic acids is 1. The van der Waals surface area contributed by atoms with Gasteiger partial charge in [-0.2, -0.15) is 0 Å². The first-order valence-corrected chi connectivity index (χ1v) is 8.27. The monoisotopic (exact) mass is 376 g/mol.